The van der Waals surface area contributed by atoms with Crippen molar-refractivity contribution < 1.29 is 9.53 Å². The van der Waals surface area contributed by atoms with Gasteiger partial charge in [0.05, 0.1) is 6.42 Å². The Hall–Kier alpha value is -2.33. The second-order valence-corrected chi connectivity index (χ2v) is 6.49. The fourth-order valence-electron chi connectivity index (χ4n) is 3.01. The summed E-state index contributed by atoms with van der Waals surface area (Å²) in [7, 11) is 0. The minimum Gasteiger partial charge on any atom is -0.489 e. The predicted octanol–water partition coefficient (Wildman–Crippen LogP) is 2.68. The minimum absolute atomic E-state index is 0.123. The fourth-order valence-corrected chi connectivity index (χ4v) is 3.01. The molecule has 0 saturated carbocycles. The number of ether oxygens (including phenoxy) is 1. The molecule has 1 saturated heterocycles. The summed E-state index contributed by atoms with van der Waals surface area (Å²) in [4.78, 5) is 14.2. The van der Waals surface area contributed by atoms with Gasteiger partial charge in [-0.2, -0.15) is 0 Å². The number of hydrogen-bond donors (Lipinski definition) is 1. The van der Waals surface area contributed by atoms with Gasteiger partial charge >= 0.3 is 0 Å². The van der Waals surface area contributed by atoms with Crippen molar-refractivity contribution in [3.63, 3.8) is 0 Å². The number of amides is 1. The Labute approximate surface area is 143 Å². The van der Waals surface area contributed by atoms with Crippen molar-refractivity contribution in [3.8, 4) is 5.75 Å². The van der Waals surface area contributed by atoms with E-state index in [0.29, 0.717) is 19.6 Å². The van der Waals surface area contributed by atoms with Crippen LogP contribution in [-0.2, 0) is 17.8 Å². The van der Waals surface area contributed by atoms with E-state index in [1.54, 1.807) is 0 Å². The number of hydrogen-bond acceptors (Lipinski definition) is 3. The van der Waals surface area contributed by atoms with Crippen LogP contribution >= 0.6 is 0 Å². The minimum atomic E-state index is 0.123. The number of carbonyl (C=O) groups is 1. The second kappa shape index (κ2) is 7.49. The van der Waals surface area contributed by atoms with Gasteiger partial charge in [0.2, 0.25) is 5.91 Å². The Kier molecular flexibility index (Phi) is 5.16. The molecule has 126 valence electrons. The number of likely N-dealkylation sites (tertiary alicyclic amines) is 1. The molecule has 2 aromatic rings. The number of carbonyl (C=O) groups excluding carboxylic acids is 1. The summed E-state index contributed by atoms with van der Waals surface area (Å²) in [6, 6.07) is 16.2. The molecule has 2 aromatic carbocycles. The number of nitrogens with two attached hydrogens (primary N) is 1. The Balaban J connectivity index is 1.58. The van der Waals surface area contributed by atoms with E-state index in [9.17, 15) is 4.79 Å². The lowest BCUT2D eigenvalue weighted by molar-refractivity contribution is -0.129. The van der Waals surface area contributed by atoms with Gasteiger partial charge in [0, 0.05) is 19.1 Å². The summed E-state index contributed by atoms with van der Waals surface area (Å²) in [5.41, 5.74) is 9.21. The molecule has 0 aliphatic carbocycles. The lowest BCUT2D eigenvalue weighted by atomic mass is 10.1. The maximum atomic E-state index is 12.3. The Morgan fingerprint density at radius 3 is 2.75 bits per heavy atom. The SMILES string of the molecule is Cc1cccc(COc2cccc(CC(=O)N3CCC(N)C3)c2)c1. The van der Waals surface area contributed by atoms with Crippen molar-refractivity contribution in [3.05, 3.63) is 65.2 Å². The molecule has 2 N–H and O–H groups in total. The van der Waals surface area contributed by atoms with Crippen molar-refractivity contribution in [2.45, 2.75) is 32.4 Å². The van der Waals surface area contributed by atoms with Crippen LogP contribution in [0.15, 0.2) is 48.5 Å². The van der Waals surface area contributed by atoms with Gasteiger partial charge in [0.15, 0.2) is 0 Å². The Morgan fingerprint density at radius 2 is 2.00 bits per heavy atom. The van der Waals surface area contributed by atoms with Crippen LogP contribution in [0.1, 0.15) is 23.1 Å². The van der Waals surface area contributed by atoms with Crippen LogP contribution in [0.4, 0.5) is 0 Å². The summed E-state index contributed by atoms with van der Waals surface area (Å²) in [6.45, 7) is 4.03. The molecule has 0 spiro atoms. The first kappa shape index (κ1) is 16.5. The Morgan fingerprint density at radius 1 is 1.21 bits per heavy atom. The highest BCUT2D eigenvalue weighted by Gasteiger charge is 2.23. The maximum absolute atomic E-state index is 12.3. The molecule has 1 atom stereocenters. The first-order chi connectivity index (χ1) is 11.6. The first-order valence-corrected chi connectivity index (χ1v) is 8.41. The van der Waals surface area contributed by atoms with Gasteiger partial charge in [-0.25, -0.2) is 0 Å². The number of rotatable bonds is 5. The van der Waals surface area contributed by atoms with Gasteiger partial charge < -0.3 is 15.4 Å². The quantitative estimate of drug-likeness (QED) is 0.920. The second-order valence-electron chi connectivity index (χ2n) is 6.49. The molecule has 3 rings (SSSR count). The summed E-state index contributed by atoms with van der Waals surface area (Å²) in [5.74, 6) is 0.929. The van der Waals surface area contributed by atoms with Crippen LogP contribution in [0.25, 0.3) is 0 Å². The molecule has 1 amide bonds. The lowest BCUT2D eigenvalue weighted by Crippen LogP contribution is -2.32. The van der Waals surface area contributed by atoms with E-state index in [-0.39, 0.29) is 11.9 Å². The first-order valence-electron chi connectivity index (χ1n) is 8.41. The average molecular weight is 324 g/mol. The van der Waals surface area contributed by atoms with E-state index >= 15 is 0 Å². The van der Waals surface area contributed by atoms with Crippen LogP contribution in [0.3, 0.4) is 0 Å². The third-order valence-electron chi connectivity index (χ3n) is 4.32. The molecule has 4 heteroatoms. The monoisotopic (exact) mass is 324 g/mol. The summed E-state index contributed by atoms with van der Waals surface area (Å²) in [5, 5.41) is 0. The van der Waals surface area contributed by atoms with E-state index in [0.717, 1.165) is 29.8 Å². The van der Waals surface area contributed by atoms with Gasteiger partial charge in [-0.15, -0.1) is 0 Å². The van der Waals surface area contributed by atoms with E-state index in [2.05, 4.69) is 25.1 Å². The highest BCUT2D eigenvalue weighted by Crippen LogP contribution is 2.17. The normalized spacial score (nSPS) is 17.1. The molecule has 24 heavy (non-hydrogen) atoms. The zero-order valence-electron chi connectivity index (χ0n) is 14.1. The molecule has 1 unspecified atom stereocenters. The maximum Gasteiger partial charge on any atom is 0.227 e. The number of aryl methyl sites for hydroxylation is 1. The van der Waals surface area contributed by atoms with Crippen molar-refractivity contribution >= 4 is 5.91 Å². The molecular weight excluding hydrogens is 300 g/mol. The molecular formula is C20H24N2O2. The smallest absolute Gasteiger partial charge is 0.227 e. The molecule has 1 aliphatic rings. The summed E-state index contributed by atoms with van der Waals surface area (Å²) >= 11 is 0. The molecule has 1 fully saturated rings. The van der Waals surface area contributed by atoms with Gasteiger partial charge in [0.1, 0.15) is 12.4 Å². The molecule has 0 aromatic heterocycles. The van der Waals surface area contributed by atoms with E-state index in [1.807, 2.05) is 35.2 Å². The molecule has 1 heterocycles. The fraction of sp³-hybridized carbons (Fsp3) is 0.350. The van der Waals surface area contributed by atoms with Crippen LogP contribution in [0.5, 0.6) is 5.75 Å². The predicted molar refractivity (Wildman–Crippen MR) is 94.8 cm³/mol. The van der Waals surface area contributed by atoms with Gasteiger partial charge in [-0.05, 0) is 36.6 Å². The lowest BCUT2D eigenvalue weighted by Gasteiger charge is -2.16. The van der Waals surface area contributed by atoms with Crippen molar-refractivity contribution in [2.24, 2.45) is 5.73 Å². The van der Waals surface area contributed by atoms with Crippen LogP contribution in [-0.4, -0.2) is 29.9 Å². The van der Waals surface area contributed by atoms with Crippen LogP contribution in [0, 0.1) is 6.92 Å². The van der Waals surface area contributed by atoms with Crippen molar-refractivity contribution in [2.75, 3.05) is 13.1 Å². The molecule has 0 bridgehead atoms. The summed E-state index contributed by atoms with van der Waals surface area (Å²) < 4.78 is 5.87. The van der Waals surface area contributed by atoms with Crippen LogP contribution in [0.2, 0.25) is 0 Å². The number of nitrogens with zero attached hydrogens (tertiary/aromatic N) is 1. The average Bonchev–Trinajstić information content (AvgIpc) is 3.00. The van der Waals surface area contributed by atoms with Crippen molar-refractivity contribution in [1.29, 1.82) is 0 Å². The standard InChI is InChI=1S/C20H24N2O2/c1-15-4-2-6-17(10-15)14-24-19-7-3-5-16(11-19)12-20(23)22-9-8-18(21)13-22/h2-7,10-11,18H,8-9,12-14,21H2,1H3. The zero-order valence-corrected chi connectivity index (χ0v) is 14.1. The van der Waals surface area contributed by atoms with Crippen molar-refractivity contribution in [1.82, 2.24) is 4.90 Å². The van der Waals surface area contributed by atoms with Crippen LogP contribution < -0.4 is 10.5 Å². The van der Waals surface area contributed by atoms with E-state index in [4.69, 9.17) is 10.5 Å². The third kappa shape index (κ3) is 4.36. The highest BCUT2D eigenvalue weighted by molar-refractivity contribution is 5.79. The number of benzene rings is 2. The molecule has 4 nitrogen and oxygen atoms in total. The molecule has 0 radical (unpaired) electrons. The largest absolute Gasteiger partial charge is 0.489 e. The summed E-state index contributed by atoms with van der Waals surface area (Å²) in [6.07, 6.45) is 1.29. The van der Waals surface area contributed by atoms with Gasteiger partial charge in [-0.3, -0.25) is 4.79 Å². The van der Waals surface area contributed by atoms with E-state index < -0.39 is 0 Å². The zero-order chi connectivity index (χ0) is 16.9. The van der Waals surface area contributed by atoms with Gasteiger partial charge in [-0.1, -0.05) is 42.0 Å². The molecule has 1 aliphatic heterocycles. The third-order valence-corrected chi connectivity index (χ3v) is 4.32. The van der Waals surface area contributed by atoms with E-state index in [1.165, 1.54) is 5.56 Å². The Bertz CT molecular complexity index is 714. The topological polar surface area (TPSA) is 55.6 Å². The highest BCUT2D eigenvalue weighted by atomic mass is 16.5. The van der Waals surface area contributed by atoms with Gasteiger partial charge in [0.25, 0.3) is 0 Å².